The Balaban J connectivity index is 1.74. The molecule has 2 aromatic carbocycles. The Morgan fingerprint density at radius 2 is 1.89 bits per heavy atom. The molecule has 96 valence electrons. The van der Waals surface area contributed by atoms with Crippen molar-refractivity contribution in [1.82, 2.24) is 15.3 Å². The van der Waals surface area contributed by atoms with Crippen LogP contribution in [-0.4, -0.2) is 9.97 Å². The third-order valence-electron chi connectivity index (χ3n) is 3.42. The second-order valence-electron chi connectivity index (χ2n) is 4.72. The Morgan fingerprint density at radius 1 is 1.05 bits per heavy atom. The van der Waals surface area contributed by atoms with Gasteiger partial charge >= 0.3 is 0 Å². The summed E-state index contributed by atoms with van der Waals surface area (Å²) in [7, 11) is 0. The van der Waals surface area contributed by atoms with E-state index in [2.05, 4.69) is 57.7 Å². The van der Waals surface area contributed by atoms with E-state index in [-0.39, 0.29) is 0 Å². The minimum absolute atomic E-state index is 0.790. The van der Waals surface area contributed by atoms with Gasteiger partial charge in [0, 0.05) is 18.8 Å². The van der Waals surface area contributed by atoms with Crippen LogP contribution in [0, 0.1) is 6.92 Å². The standard InChI is InChI=1S/C16H17N3/c1-12-16(19-11-18-12)10-17-9-14-7-4-6-13-5-2-3-8-15(13)14/h2-8,11,17H,9-10H2,1H3,(H,18,19). The van der Waals surface area contributed by atoms with E-state index in [4.69, 9.17) is 0 Å². The largest absolute Gasteiger partial charge is 0.348 e. The molecule has 0 spiro atoms. The summed E-state index contributed by atoms with van der Waals surface area (Å²) in [5.74, 6) is 0. The van der Waals surface area contributed by atoms with Crippen molar-refractivity contribution < 1.29 is 0 Å². The fourth-order valence-electron chi connectivity index (χ4n) is 2.33. The molecule has 0 saturated carbocycles. The smallest absolute Gasteiger partial charge is 0.0925 e. The fourth-order valence-corrected chi connectivity index (χ4v) is 2.33. The second-order valence-corrected chi connectivity index (χ2v) is 4.72. The van der Waals surface area contributed by atoms with Crippen molar-refractivity contribution >= 4 is 10.8 Å². The van der Waals surface area contributed by atoms with Gasteiger partial charge in [-0.05, 0) is 23.3 Å². The van der Waals surface area contributed by atoms with E-state index in [1.54, 1.807) is 6.33 Å². The molecule has 2 N–H and O–H groups in total. The molecule has 3 aromatic rings. The van der Waals surface area contributed by atoms with Crippen LogP contribution in [0.2, 0.25) is 0 Å². The Hall–Kier alpha value is -2.13. The number of benzene rings is 2. The number of aromatic amines is 1. The van der Waals surface area contributed by atoms with Crippen molar-refractivity contribution in [2.75, 3.05) is 0 Å². The molecule has 0 radical (unpaired) electrons. The summed E-state index contributed by atoms with van der Waals surface area (Å²) in [5.41, 5.74) is 3.54. The lowest BCUT2D eigenvalue weighted by molar-refractivity contribution is 0.682. The van der Waals surface area contributed by atoms with Gasteiger partial charge in [-0.25, -0.2) is 4.98 Å². The molecule has 0 aliphatic rings. The first-order chi connectivity index (χ1) is 9.34. The molecule has 0 atom stereocenters. The number of hydrogen-bond acceptors (Lipinski definition) is 2. The number of H-pyrrole nitrogens is 1. The van der Waals surface area contributed by atoms with Gasteiger partial charge in [0.1, 0.15) is 0 Å². The average molecular weight is 251 g/mol. The zero-order valence-electron chi connectivity index (χ0n) is 11.0. The normalized spacial score (nSPS) is 11.0. The number of nitrogens with zero attached hydrogens (tertiary/aromatic N) is 1. The van der Waals surface area contributed by atoms with Gasteiger partial charge in [-0.1, -0.05) is 42.5 Å². The molecule has 0 aliphatic heterocycles. The average Bonchev–Trinajstić information content (AvgIpc) is 2.85. The molecule has 3 heteroatoms. The number of hydrogen-bond donors (Lipinski definition) is 2. The molecular formula is C16H17N3. The van der Waals surface area contributed by atoms with Crippen molar-refractivity contribution in [3.8, 4) is 0 Å². The first kappa shape index (κ1) is 11.9. The lowest BCUT2D eigenvalue weighted by Crippen LogP contribution is -2.13. The quantitative estimate of drug-likeness (QED) is 0.747. The van der Waals surface area contributed by atoms with Crippen molar-refractivity contribution in [2.45, 2.75) is 20.0 Å². The number of aryl methyl sites for hydroxylation is 1. The predicted octanol–water partition coefficient (Wildman–Crippen LogP) is 3.16. The van der Waals surface area contributed by atoms with Crippen LogP contribution in [0.3, 0.4) is 0 Å². The van der Waals surface area contributed by atoms with E-state index in [1.807, 2.05) is 6.92 Å². The van der Waals surface area contributed by atoms with E-state index < -0.39 is 0 Å². The van der Waals surface area contributed by atoms with Crippen molar-refractivity contribution in [2.24, 2.45) is 0 Å². The van der Waals surface area contributed by atoms with Gasteiger partial charge in [-0.15, -0.1) is 0 Å². The van der Waals surface area contributed by atoms with Crippen LogP contribution in [0.25, 0.3) is 10.8 Å². The number of nitrogens with one attached hydrogen (secondary N) is 2. The second kappa shape index (κ2) is 5.24. The topological polar surface area (TPSA) is 40.7 Å². The van der Waals surface area contributed by atoms with Crippen LogP contribution in [-0.2, 0) is 13.1 Å². The monoisotopic (exact) mass is 251 g/mol. The highest BCUT2D eigenvalue weighted by Gasteiger charge is 2.02. The van der Waals surface area contributed by atoms with Crippen LogP contribution in [0.15, 0.2) is 48.8 Å². The Kier molecular flexibility index (Phi) is 3.29. The molecule has 1 aromatic heterocycles. The zero-order chi connectivity index (χ0) is 13.1. The summed E-state index contributed by atoms with van der Waals surface area (Å²) in [6.45, 7) is 3.69. The summed E-state index contributed by atoms with van der Waals surface area (Å²) in [6, 6.07) is 14.9. The number of rotatable bonds is 4. The SMILES string of the molecule is Cc1[nH]cnc1CNCc1cccc2ccccc12. The molecule has 0 saturated heterocycles. The van der Waals surface area contributed by atoms with Gasteiger partial charge < -0.3 is 10.3 Å². The fraction of sp³-hybridized carbons (Fsp3) is 0.188. The summed E-state index contributed by atoms with van der Waals surface area (Å²) < 4.78 is 0. The van der Waals surface area contributed by atoms with E-state index in [9.17, 15) is 0 Å². The van der Waals surface area contributed by atoms with Gasteiger partial charge in [0.05, 0.1) is 12.0 Å². The maximum absolute atomic E-state index is 4.29. The number of aromatic nitrogens is 2. The molecule has 3 nitrogen and oxygen atoms in total. The molecule has 19 heavy (non-hydrogen) atoms. The van der Waals surface area contributed by atoms with Crippen LogP contribution in [0.4, 0.5) is 0 Å². The highest BCUT2D eigenvalue weighted by Crippen LogP contribution is 2.18. The van der Waals surface area contributed by atoms with Crippen LogP contribution < -0.4 is 5.32 Å². The summed E-state index contributed by atoms with van der Waals surface area (Å²) in [5, 5.41) is 6.06. The molecule has 0 aliphatic carbocycles. The summed E-state index contributed by atoms with van der Waals surface area (Å²) >= 11 is 0. The number of imidazole rings is 1. The van der Waals surface area contributed by atoms with Gasteiger partial charge in [-0.2, -0.15) is 0 Å². The Bertz CT molecular complexity index is 680. The van der Waals surface area contributed by atoms with E-state index in [1.165, 1.54) is 16.3 Å². The summed E-state index contributed by atoms with van der Waals surface area (Å²) in [4.78, 5) is 7.39. The highest BCUT2D eigenvalue weighted by molar-refractivity contribution is 5.85. The van der Waals surface area contributed by atoms with E-state index >= 15 is 0 Å². The first-order valence-corrected chi connectivity index (χ1v) is 6.51. The van der Waals surface area contributed by atoms with Crippen LogP contribution in [0.1, 0.15) is 17.0 Å². The van der Waals surface area contributed by atoms with Gasteiger partial charge in [0.25, 0.3) is 0 Å². The molecular weight excluding hydrogens is 234 g/mol. The lowest BCUT2D eigenvalue weighted by atomic mass is 10.0. The van der Waals surface area contributed by atoms with Gasteiger partial charge in [-0.3, -0.25) is 0 Å². The van der Waals surface area contributed by atoms with Crippen molar-refractivity contribution in [3.05, 3.63) is 65.7 Å². The van der Waals surface area contributed by atoms with E-state index in [0.717, 1.165) is 24.5 Å². The van der Waals surface area contributed by atoms with Crippen molar-refractivity contribution in [3.63, 3.8) is 0 Å². The van der Waals surface area contributed by atoms with Crippen LogP contribution >= 0.6 is 0 Å². The molecule has 1 heterocycles. The molecule has 0 unspecified atom stereocenters. The molecule has 3 rings (SSSR count). The lowest BCUT2D eigenvalue weighted by Gasteiger charge is -2.07. The minimum Gasteiger partial charge on any atom is -0.348 e. The number of fused-ring (bicyclic) bond motifs is 1. The molecule has 0 bridgehead atoms. The van der Waals surface area contributed by atoms with Crippen LogP contribution in [0.5, 0.6) is 0 Å². The molecule has 0 amide bonds. The third kappa shape index (κ3) is 2.51. The maximum Gasteiger partial charge on any atom is 0.0925 e. The summed E-state index contributed by atoms with van der Waals surface area (Å²) in [6.07, 6.45) is 1.74. The predicted molar refractivity (Wildman–Crippen MR) is 77.8 cm³/mol. The van der Waals surface area contributed by atoms with Crippen molar-refractivity contribution in [1.29, 1.82) is 0 Å². The van der Waals surface area contributed by atoms with E-state index in [0.29, 0.717) is 0 Å². The highest BCUT2D eigenvalue weighted by atomic mass is 14.9. The Morgan fingerprint density at radius 3 is 2.74 bits per heavy atom. The van der Waals surface area contributed by atoms with Gasteiger partial charge in [0.15, 0.2) is 0 Å². The Labute approximate surface area is 112 Å². The molecule has 0 fully saturated rings. The zero-order valence-corrected chi connectivity index (χ0v) is 11.0. The van der Waals surface area contributed by atoms with Gasteiger partial charge in [0.2, 0.25) is 0 Å². The maximum atomic E-state index is 4.29. The first-order valence-electron chi connectivity index (χ1n) is 6.51. The minimum atomic E-state index is 0.790. The third-order valence-corrected chi connectivity index (χ3v) is 3.42.